The number of allylic oxidation sites excluding steroid dienone is 4. The second-order valence-electron chi connectivity index (χ2n) is 0.692. The normalized spacial score (nSPS) is 12.8. The van der Waals surface area contributed by atoms with Crippen molar-refractivity contribution < 1.29 is 29.6 Å². The summed E-state index contributed by atoms with van der Waals surface area (Å²) in [6.07, 6.45) is 8.50. The predicted octanol–water partition coefficient (Wildman–Crippen LogP) is -2.08. The molecule has 0 spiro atoms. The molecule has 5 heavy (non-hydrogen) atoms. The molecular weight excluding hydrogens is 71.0 g/mol. The van der Waals surface area contributed by atoms with Crippen molar-refractivity contribution in [2.75, 3.05) is 0 Å². The smallest absolute Gasteiger partial charge is 0.184 e. The number of rotatable bonds is 0. The quantitative estimate of drug-likeness (QED) is 0.228. The third-order valence-electron chi connectivity index (χ3n) is 0.385. The van der Waals surface area contributed by atoms with Crippen LogP contribution < -0.4 is 29.6 Å². The largest absolute Gasteiger partial charge is 1.00 e. The molecule has 0 nitrogen and oxygen atoms in total. The Hall–Kier alpha value is 0.480. The van der Waals surface area contributed by atoms with E-state index < -0.39 is 0 Å². The van der Waals surface area contributed by atoms with Crippen molar-refractivity contribution in [2.45, 2.75) is 0 Å². The van der Waals surface area contributed by atoms with Gasteiger partial charge in [0.2, 0.25) is 0 Å². The van der Waals surface area contributed by atoms with Gasteiger partial charge in [0.15, 0.2) is 0 Å². The molecule has 1 heteroatoms. The van der Waals surface area contributed by atoms with Crippen LogP contribution in [0.5, 0.6) is 0 Å². The van der Waals surface area contributed by atoms with E-state index in [1.807, 2.05) is 18.2 Å². The summed E-state index contributed by atoms with van der Waals surface area (Å²) in [7, 11) is 0. The maximum absolute atomic E-state index is 2.81. The Labute approximate surface area is 53.9 Å². The van der Waals surface area contributed by atoms with Gasteiger partial charge < -0.3 is 0 Å². The Balaban J connectivity index is 0.000000160. The minimum atomic E-state index is 0. The maximum atomic E-state index is 2.81. The summed E-state index contributed by atoms with van der Waals surface area (Å²) < 4.78 is 0. The molecule has 20 valence electrons. The van der Waals surface area contributed by atoms with Gasteiger partial charge in [0.1, 0.15) is 0 Å². The van der Waals surface area contributed by atoms with Crippen LogP contribution in [0, 0.1) is 6.08 Å². The summed E-state index contributed by atoms with van der Waals surface area (Å²) in [6, 6.07) is 0. The van der Waals surface area contributed by atoms with Crippen molar-refractivity contribution >= 4 is 0 Å². The van der Waals surface area contributed by atoms with Crippen molar-refractivity contribution in [2.24, 2.45) is 0 Å². The number of hydrogen-bond acceptors (Lipinski definition) is 0. The maximum Gasteiger partial charge on any atom is 1.00 e. The fourth-order valence-electron chi connectivity index (χ4n) is 0.0962. The standard InChI is InChI=1S/C4H3.Na/c1-2-4-3-1;/h1-3H;/q-1;+1. The van der Waals surface area contributed by atoms with Crippen LogP contribution in [0.2, 0.25) is 0 Å². The van der Waals surface area contributed by atoms with Gasteiger partial charge in [-0.25, -0.2) is 0 Å². The molecule has 1 rings (SSSR count). The third kappa shape index (κ3) is 1.37. The average Bonchev–Trinajstić information content (AvgIpc) is 0.722. The molecule has 0 fully saturated rings. The SMILES string of the molecule is [C-]1=CC=C1.[Na+]. The molecule has 0 N–H and O–H groups in total. The van der Waals surface area contributed by atoms with Gasteiger partial charge in [0.05, 0.1) is 0 Å². The molecule has 0 unspecified atom stereocenters. The van der Waals surface area contributed by atoms with Crippen LogP contribution in [0.1, 0.15) is 0 Å². The molecule has 0 heterocycles. The molecule has 0 aromatic rings. The summed E-state index contributed by atoms with van der Waals surface area (Å²) in [5, 5.41) is 0. The Morgan fingerprint density at radius 3 is 1.60 bits per heavy atom. The van der Waals surface area contributed by atoms with E-state index in [0.29, 0.717) is 0 Å². The predicted molar refractivity (Wildman–Crippen MR) is 17.0 cm³/mol. The third-order valence-corrected chi connectivity index (χ3v) is 0.385. The Kier molecular flexibility index (Phi) is 2.96. The van der Waals surface area contributed by atoms with E-state index >= 15 is 0 Å². The van der Waals surface area contributed by atoms with Gasteiger partial charge in [-0.1, -0.05) is 0 Å². The van der Waals surface area contributed by atoms with E-state index in [1.54, 1.807) is 0 Å². The molecule has 1 aliphatic rings. The summed E-state index contributed by atoms with van der Waals surface area (Å²) >= 11 is 0. The van der Waals surface area contributed by atoms with E-state index in [1.165, 1.54) is 0 Å². The van der Waals surface area contributed by atoms with Gasteiger partial charge in [-0.15, -0.1) is 0 Å². The summed E-state index contributed by atoms with van der Waals surface area (Å²) in [5.74, 6) is 0. The van der Waals surface area contributed by atoms with Crippen LogP contribution in [0.15, 0.2) is 18.2 Å². The van der Waals surface area contributed by atoms with Gasteiger partial charge in [-0.05, 0) is 0 Å². The fourth-order valence-corrected chi connectivity index (χ4v) is 0.0962. The van der Waals surface area contributed by atoms with Crippen molar-refractivity contribution in [3.8, 4) is 0 Å². The van der Waals surface area contributed by atoms with Crippen molar-refractivity contribution in [3.05, 3.63) is 24.3 Å². The first-order valence-corrected chi connectivity index (χ1v) is 1.24. The summed E-state index contributed by atoms with van der Waals surface area (Å²) in [6.45, 7) is 0. The van der Waals surface area contributed by atoms with Gasteiger partial charge in [-0.3, -0.25) is 0 Å². The first-order chi connectivity index (χ1) is 2.00. The first-order valence-electron chi connectivity index (χ1n) is 1.24. The average molecular weight is 74.1 g/mol. The van der Waals surface area contributed by atoms with Crippen molar-refractivity contribution in [1.82, 2.24) is 0 Å². The first kappa shape index (κ1) is 5.48. The molecule has 0 radical (unpaired) electrons. The van der Waals surface area contributed by atoms with Crippen molar-refractivity contribution in [3.63, 3.8) is 0 Å². The molecule has 0 aromatic heterocycles. The fraction of sp³-hybridized carbons (Fsp3) is 0. The van der Waals surface area contributed by atoms with Crippen LogP contribution in [0.25, 0.3) is 0 Å². The van der Waals surface area contributed by atoms with Crippen LogP contribution in [-0.2, 0) is 0 Å². The van der Waals surface area contributed by atoms with E-state index in [9.17, 15) is 0 Å². The van der Waals surface area contributed by atoms with Gasteiger partial charge in [0, 0.05) is 0 Å². The van der Waals surface area contributed by atoms with Crippen LogP contribution in [-0.4, -0.2) is 0 Å². The zero-order valence-corrected chi connectivity index (χ0v) is 5.23. The van der Waals surface area contributed by atoms with Crippen LogP contribution >= 0.6 is 0 Å². The molecule has 0 atom stereocenters. The van der Waals surface area contributed by atoms with E-state index in [-0.39, 0.29) is 29.6 Å². The Morgan fingerprint density at radius 1 is 1.40 bits per heavy atom. The molecule has 0 aromatic carbocycles. The molecule has 0 amide bonds. The molecule has 1 aliphatic carbocycles. The summed E-state index contributed by atoms with van der Waals surface area (Å²) in [4.78, 5) is 0. The van der Waals surface area contributed by atoms with Gasteiger partial charge >= 0.3 is 29.6 Å². The van der Waals surface area contributed by atoms with E-state index in [4.69, 9.17) is 0 Å². The van der Waals surface area contributed by atoms with Gasteiger partial charge in [0.25, 0.3) is 0 Å². The topological polar surface area (TPSA) is 0 Å². The minimum absolute atomic E-state index is 0. The Bertz CT molecular complexity index is 44.0. The van der Waals surface area contributed by atoms with Crippen molar-refractivity contribution in [1.29, 1.82) is 0 Å². The monoisotopic (exact) mass is 74.0 g/mol. The van der Waals surface area contributed by atoms with E-state index in [2.05, 4.69) is 6.08 Å². The second kappa shape index (κ2) is 2.70. The van der Waals surface area contributed by atoms with E-state index in [0.717, 1.165) is 0 Å². The zero-order chi connectivity index (χ0) is 2.83. The van der Waals surface area contributed by atoms with Crippen LogP contribution in [0.3, 0.4) is 0 Å². The molecule has 0 saturated carbocycles. The number of hydrogen-bond donors (Lipinski definition) is 0. The molecule has 0 bridgehead atoms. The zero-order valence-electron chi connectivity index (χ0n) is 3.23. The Morgan fingerprint density at radius 2 is 1.60 bits per heavy atom. The molecular formula is C4H3Na. The second-order valence-corrected chi connectivity index (χ2v) is 0.692. The molecule has 0 aliphatic heterocycles. The summed E-state index contributed by atoms with van der Waals surface area (Å²) in [5.41, 5.74) is 0. The van der Waals surface area contributed by atoms with Crippen LogP contribution in [0.4, 0.5) is 0 Å². The molecule has 0 saturated heterocycles. The minimum Gasteiger partial charge on any atom is -0.184 e. The van der Waals surface area contributed by atoms with Gasteiger partial charge in [-0.2, -0.15) is 24.3 Å².